The van der Waals surface area contributed by atoms with E-state index in [0.29, 0.717) is 6.42 Å². The zero-order valence-corrected chi connectivity index (χ0v) is 8.83. The van der Waals surface area contributed by atoms with Crippen LogP contribution in [0.2, 0.25) is 0 Å². The number of unbranched alkanes of at least 4 members (excludes halogenated alkanes) is 4. The summed E-state index contributed by atoms with van der Waals surface area (Å²) in [7, 11) is 0. The maximum atomic E-state index is 10.0. The minimum atomic E-state index is -0.670. The van der Waals surface area contributed by atoms with Crippen molar-refractivity contribution in [1.29, 1.82) is 0 Å². The molecule has 2 nitrogen and oxygen atoms in total. The van der Waals surface area contributed by atoms with E-state index in [1.807, 2.05) is 0 Å². The van der Waals surface area contributed by atoms with Gasteiger partial charge in [-0.1, -0.05) is 32.6 Å². The van der Waals surface area contributed by atoms with Gasteiger partial charge < -0.3 is 5.11 Å². The summed E-state index contributed by atoms with van der Waals surface area (Å²) in [4.78, 5) is 10.0. The van der Waals surface area contributed by atoms with Crippen LogP contribution in [0.1, 0.15) is 45.4 Å². The minimum Gasteiger partial charge on any atom is -0.481 e. The van der Waals surface area contributed by atoms with E-state index in [1.54, 1.807) is 0 Å². The topological polar surface area (TPSA) is 37.3 Å². The van der Waals surface area contributed by atoms with E-state index >= 15 is 0 Å². The molecule has 0 aromatic carbocycles. The van der Waals surface area contributed by atoms with Crippen molar-refractivity contribution in [2.24, 2.45) is 0 Å². The summed E-state index contributed by atoms with van der Waals surface area (Å²) in [5.41, 5.74) is 0. The van der Waals surface area contributed by atoms with Gasteiger partial charge in [-0.15, -0.1) is 0 Å². The Balaban J connectivity index is 0. The molecule has 0 saturated carbocycles. The Kier molecular flexibility index (Phi) is 13.9. The smallest absolute Gasteiger partial charge is 0.303 e. The Labute approximate surface area is 98.4 Å². The van der Waals surface area contributed by atoms with Crippen molar-refractivity contribution in [3.63, 3.8) is 0 Å². The van der Waals surface area contributed by atoms with Crippen LogP contribution in [0, 0.1) is 37.7 Å². The van der Waals surface area contributed by atoms with Crippen molar-refractivity contribution in [3.8, 4) is 0 Å². The van der Waals surface area contributed by atoms with E-state index in [4.69, 9.17) is 5.11 Å². The van der Waals surface area contributed by atoms with Crippen LogP contribution in [0.25, 0.3) is 0 Å². The molecule has 1 N–H and O–H groups in total. The Bertz CT molecular complexity index is 94.1. The summed E-state index contributed by atoms with van der Waals surface area (Å²) in [6, 6.07) is 0. The van der Waals surface area contributed by atoms with Gasteiger partial charge in [0.1, 0.15) is 0 Å². The first-order valence-electron chi connectivity index (χ1n) is 3.99. The number of hydrogen-bond acceptors (Lipinski definition) is 1. The van der Waals surface area contributed by atoms with Crippen molar-refractivity contribution in [2.75, 3.05) is 0 Å². The normalized spacial score (nSPS) is 8.82. The summed E-state index contributed by atoms with van der Waals surface area (Å²) in [6.45, 7) is 2.15. The van der Waals surface area contributed by atoms with Crippen molar-refractivity contribution in [1.82, 2.24) is 0 Å². The monoisotopic (exact) mass is 309 g/mol. The fourth-order valence-corrected chi connectivity index (χ4v) is 0.880. The Morgan fingerprint density at radius 2 is 1.73 bits per heavy atom. The van der Waals surface area contributed by atoms with E-state index in [1.165, 1.54) is 19.3 Å². The molecule has 0 saturated heterocycles. The van der Waals surface area contributed by atoms with Gasteiger partial charge in [0.2, 0.25) is 0 Å². The summed E-state index contributed by atoms with van der Waals surface area (Å²) in [5.74, 6) is -0.670. The molecule has 0 heterocycles. The third-order valence-corrected chi connectivity index (χ3v) is 1.49. The van der Waals surface area contributed by atoms with Crippen LogP contribution < -0.4 is 0 Å². The molecule has 0 spiro atoms. The molecule has 0 bridgehead atoms. The van der Waals surface area contributed by atoms with Crippen LogP contribution in [0.4, 0.5) is 0 Å². The standard InChI is InChI=1S/C8H16O2.Ho/c1-2-3-4-5-6-7-8(9)10;/h2-7H2,1H3,(H,9,10);. The summed E-state index contributed by atoms with van der Waals surface area (Å²) in [5, 5.41) is 8.27. The number of carboxylic acid groups (broad SMARTS) is 1. The van der Waals surface area contributed by atoms with Gasteiger partial charge in [0.25, 0.3) is 0 Å². The number of hydrogen-bond donors (Lipinski definition) is 1. The van der Waals surface area contributed by atoms with Crippen LogP contribution in [-0.2, 0) is 4.79 Å². The van der Waals surface area contributed by atoms with Gasteiger partial charge in [-0.2, -0.15) is 0 Å². The maximum Gasteiger partial charge on any atom is 0.303 e. The largest absolute Gasteiger partial charge is 0.481 e. The molecule has 0 atom stereocenters. The molecule has 71 valence electrons. The van der Waals surface area contributed by atoms with E-state index in [9.17, 15) is 4.79 Å². The fraction of sp³-hybridized carbons (Fsp3) is 0.875. The van der Waals surface area contributed by atoms with Gasteiger partial charge >= 0.3 is 5.97 Å². The summed E-state index contributed by atoms with van der Waals surface area (Å²) >= 11 is 0. The van der Waals surface area contributed by atoms with Gasteiger partial charge in [-0.05, 0) is 6.42 Å². The van der Waals surface area contributed by atoms with Crippen LogP contribution in [0.15, 0.2) is 0 Å². The van der Waals surface area contributed by atoms with Gasteiger partial charge in [-0.3, -0.25) is 4.79 Å². The SMILES string of the molecule is CCCCCCCC(=O)O.[Ho]. The van der Waals surface area contributed by atoms with Crippen molar-refractivity contribution >= 4 is 5.97 Å². The van der Waals surface area contributed by atoms with Crippen molar-refractivity contribution in [2.45, 2.75) is 45.4 Å². The van der Waals surface area contributed by atoms with Crippen LogP contribution >= 0.6 is 0 Å². The Morgan fingerprint density at radius 3 is 2.18 bits per heavy atom. The fourth-order valence-electron chi connectivity index (χ4n) is 0.880. The molecule has 0 fully saturated rings. The molecule has 0 unspecified atom stereocenters. The van der Waals surface area contributed by atoms with Crippen LogP contribution in [0.5, 0.6) is 0 Å². The second kappa shape index (κ2) is 10.7. The van der Waals surface area contributed by atoms with Gasteiger partial charge in [0, 0.05) is 44.2 Å². The zero-order chi connectivity index (χ0) is 7.82. The van der Waals surface area contributed by atoms with E-state index in [-0.39, 0.29) is 37.7 Å². The number of carboxylic acids is 1. The molecule has 0 amide bonds. The molecule has 0 rings (SSSR count). The third kappa shape index (κ3) is 13.7. The van der Waals surface area contributed by atoms with Crippen molar-refractivity contribution < 1.29 is 47.6 Å². The first-order valence-corrected chi connectivity index (χ1v) is 3.99. The predicted octanol–water partition coefficient (Wildman–Crippen LogP) is 2.43. The number of carbonyl (C=O) groups is 1. The molecule has 0 aromatic rings. The summed E-state index contributed by atoms with van der Waals surface area (Å²) < 4.78 is 0. The molecule has 3 heteroatoms. The number of aliphatic carboxylic acids is 1. The quantitative estimate of drug-likeness (QED) is 0.604. The molecule has 11 heavy (non-hydrogen) atoms. The maximum absolute atomic E-state index is 10.0. The second-order valence-electron chi connectivity index (χ2n) is 2.56. The molecule has 0 aliphatic carbocycles. The van der Waals surface area contributed by atoms with Crippen LogP contribution in [-0.4, -0.2) is 11.1 Å². The van der Waals surface area contributed by atoms with Crippen LogP contribution in [0.3, 0.4) is 0 Å². The first-order chi connectivity index (χ1) is 4.77. The molecule has 1 radical (unpaired) electrons. The van der Waals surface area contributed by atoms with Gasteiger partial charge in [0.15, 0.2) is 0 Å². The summed E-state index contributed by atoms with van der Waals surface area (Å²) in [6.07, 6.45) is 5.88. The first kappa shape index (κ1) is 14.3. The average Bonchev–Trinajstić information content (AvgIpc) is 1.87. The van der Waals surface area contributed by atoms with Crippen molar-refractivity contribution in [3.05, 3.63) is 0 Å². The molecular formula is C8H16HoO2. The average molecular weight is 309 g/mol. The second-order valence-corrected chi connectivity index (χ2v) is 2.56. The van der Waals surface area contributed by atoms with Gasteiger partial charge in [0.05, 0.1) is 0 Å². The Morgan fingerprint density at radius 1 is 1.18 bits per heavy atom. The minimum absolute atomic E-state index is 0. The molecule has 0 aromatic heterocycles. The zero-order valence-electron chi connectivity index (χ0n) is 6.90. The van der Waals surface area contributed by atoms with E-state index in [2.05, 4.69) is 6.92 Å². The predicted molar refractivity (Wildman–Crippen MR) is 41.0 cm³/mol. The molecule has 0 aliphatic rings. The van der Waals surface area contributed by atoms with E-state index in [0.717, 1.165) is 12.8 Å². The third-order valence-electron chi connectivity index (χ3n) is 1.49. The number of rotatable bonds is 6. The van der Waals surface area contributed by atoms with Gasteiger partial charge in [-0.25, -0.2) is 0 Å². The molecular weight excluding hydrogens is 293 g/mol. The molecule has 0 aliphatic heterocycles. The van der Waals surface area contributed by atoms with E-state index < -0.39 is 5.97 Å². The Hall–Kier alpha value is 0.730.